The van der Waals surface area contributed by atoms with Crippen LogP contribution in [0.4, 0.5) is 0 Å². The van der Waals surface area contributed by atoms with Crippen molar-refractivity contribution < 1.29 is 0 Å². The molecule has 0 aliphatic carbocycles. The van der Waals surface area contributed by atoms with Crippen LogP contribution in [0.3, 0.4) is 0 Å². The first-order valence-corrected chi connectivity index (χ1v) is 6.75. The van der Waals surface area contributed by atoms with Gasteiger partial charge in [-0.2, -0.15) is 0 Å². The molecule has 2 aromatic heterocycles. The second-order valence-electron chi connectivity index (χ2n) is 4.96. The maximum atomic E-state index is 4.45. The largest absolute Gasteiger partial charge is 0.311 e. The molecule has 0 spiro atoms. The Balaban J connectivity index is 2.02. The van der Waals surface area contributed by atoms with E-state index in [0.29, 0.717) is 5.92 Å². The molecule has 2 heterocycles. The molecule has 0 saturated heterocycles. The molecule has 0 amide bonds. The Morgan fingerprint density at radius 1 is 1.21 bits per heavy atom. The highest BCUT2D eigenvalue weighted by Gasteiger charge is 2.04. The number of nitrogens with zero attached hydrogens (tertiary/aromatic N) is 4. The SMILES string of the molecule is CCc1nccn1-c1cnc(CNCC(C)C)cn1. The van der Waals surface area contributed by atoms with E-state index in [-0.39, 0.29) is 0 Å². The van der Waals surface area contributed by atoms with E-state index in [1.54, 1.807) is 12.4 Å². The molecular formula is C14H21N5. The molecule has 0 saturated carbocycles. The lowest BCUT2D eigenvalue weighted by atomic mass is 10.2. The summed E-state index contributed by atoms with van der Waals surface area (Å²) in [5.41, 5.74) is 0.961. The number of aromatic nitrogens is 4. The van der Waals surface area contributed by atoms with Gasteiger partial charge in [-0.3, -0.25) is 9.55 Å². The van der Waals surface area contributed by atoms with Crippen LogP contribution < -0.4 is 5.32 Å². The van der Waals surface area contributed by atoms with Crippen molar-refractivity contribution in [2.75, 3.05) is 6.54 Å². The molecule has 19 heavy (non-hydrogen) atoms. The van der Waals surface area contributed by atoms with E-state index in [9.17, 15) is 0 Å². The Hall–Kier alpha value is -1.75. The molecular weight excluding hydrogens is 238 g/mol. The van der Waals surface area contributed by atoms with E-state index >= 15 is 0 Å². The van der Waals surface area contributed by atoms with Crippen molar-refractivity contribution in [1.29, 1.82) is 0 Å². The molecule has 1 N–H and O–H groups in total. The van der Waals surface area contributed by atoms with Crippen LogP contribution in [0.5, 0.6) is 0 Å². The second kappa shape index (κ2) is 6.43. The van der Waals surface area contributed by atoms with Crippen LogP contribution >= 0.6 is 0 Å². The minimum atomic E-state index is 0.644. The van der Waals surface area contributed by atoms with Crippen molar-refractivity contribution in [3.8, 4) is 5.82 Å². The lowest BCUT2D eigenvalue weighted by molar-refractivity contribution is 0.547. The summed E-state index contributed by atoms with van der Waals surface area (Å²) >= 11 is 0. The fourth-order valence-corrected chi connectivity index (χ4v) is 1.86. The Morgan fingerprint density at radius 2 is 2.05 bits per heavy atom. The fourth-order valence-electron chi connectivity index (χ4n) is 1.86. The van der Waals surface area contributed by atoms with Gasteiger partial charge in [0.15, 0.2) is 5.82 Å². The maximum Gasteiger partial charge on any atom is 0.156 e. The highest BCUT2D eigenvalue weighted by molar-refractivity contribution is 5.21. The average Bonchev–Trinajstić information content (AvgIpc) is 2.87. The molecule has 0 fully saturated rings. The van der Waals surface area contributed by atoms with Gasteiger partial charge in [0, 0.05) is 25.4 Å². The van der Waals surface area contributed by atoms with Gasteiger partial charge in [-0.05, 0) is 12.5 Å². The molecule has 5 heteroatoms. The molecule has 102 valence electrons. The van der Waals surface area contributed by atoms with E-state index in [0.717, 1.165) is 36.8 Å². The van der Waals surface area contributed by atoms with Crippen LogP contribution in [0.25, 0.3) is 5.82 Å². The Labute approximate surface area is 114 Å². The number of aryl methyl sites for hydroxylation is 1. The summed E-state index contributed by atoms with van der Waals surface area (Å²) in [6.45, 7) is 8.21. The highest BCUT2D eigenvalue weighted by Crippen LogP contribution is 2.07. The molecule has 5 nitrogen and oxygen atoms in total. The average molecular weight is 259 g/mol. The summed E-state index contributed by atoms with van der Waals surface area (Å²) < 4.78 is 1.97. The van der Waals surface area contributed by atoms with Crippen LogP contribution in [0, 0.1) is 5.92 Å². The smallest absolute Gasteiger partial charge is 0.156 e. The van der Waals surface area contributed by atoms with Gasteiger partial charge in [0.1, 0.15) is 5.82 Å². The Bertz CT molecular complexity index is 501. The predicted octanol–water partition coefficient (Wildman–Crippen LogP) is 1.97. The molecule has 2 aromatic rings. The Kier molecular flexibility index (Phi) is 4.63. The first-order valence-electron chi connectivity index (χ1n) is 6.75. The van der Waals surface area contributed by atoms with Crippen molar-refractivity contribution in [1.82, 2.24) is 24.8 Å². The van der Waals surface area contributed by atoms with Crippen LogP contribution in [-0.2, 0) is 13.0 Å². The van der Waals surface area contributed by atoms with E-state index in [1.807, 2.05) is 17.0 Å². The van der Waals surface area contributed by atoms with Crippen molar-refractivity contribution in [2.45, 2.75) is 33.7 Å². The predicted molar refractivity (Wildman–Crippen MR) is 75.1 cm³/mol. The standard InChI is InChI=1S/C14H21N5/c1-4-13-16-5-6-19(13)14-10-17-12(9-18-14)8-15-7-11(2)3/h5-6,9-11,15H,4,7-8H2,1-3H3. The summed E-state index contributed by atoms with van der Waals surface area (Å²) in [5.74, 6) is 2.47. The summed E-state index contributed by atoms with van der Waals surface area (Å²) in [5, 5.41) is 3.36. The van der Waals surface area contributed by atoms with Crippen molar-refractivity contribution in [3.05, 3.63) is 36.3 Å². The third kappa shape index (κ3) is 3.61. The van der Waals surface area contributed by atoms with Gasteiger partial charge in [-0.15, -0.1) is 0 Å². The summed E-state index contributed by atoms with van der Waals surface area (Å²) in [7, 11) is 0. The van der Waals surface area contributed by atoms with Crippen molar-refractivity contribution in [3.63, 3.8) is 0 Å². The van der Waals surface area contributed by atoms with Gasteiger partial charge in [0.2, 0.25) is 0 Å². The van der Waals surface area contributed by atoms with Gasteiger partial charge in [0.25, 0.3) is 0 Å². The zero-order valence-corrected chi connectivity index (χ0v) is 11.8. The molecule has 0 aromatic carbocycles. The van der Waals surface area contributed by atoms with Gasteiger partial charge in [-0.1, -0.05) is 20.8 Å². The highest BCUT2D eigenvalue weighted by atomic mass is 15.1. The van der Waals surface area contributed by atoms with Crippen molar-refractivity contribution >= 4 is 0 Å². The zero-order valence-electron chi connectivity index (χ0n) is 11.8. The third-order valence-corrected chi connectivity index (χ3v) is 2.83. The van der Waals surface area contributed by atoms with Crippen LogP contribution in [0.2, 0.25) is 0 Å². The first-order chi connectivity index (χ1) is 9.20. The molecule has 0 atom stereocenters. The molecule has 0 aliphatic heterocycles. The third-order valence-electron chi connectivity index (χ3n) is 2.83. The van der Waals surface area contributed by atoms with Crippen LogP contribution in [0.15, 0.2) is 24.8 Å². The number of hydrogen-bond donors (Lipinski definition) is 1. The second-order valence-corrected chi connectivity index (χ2v) is 4.96. The quantitative estimate of drug-likeness (QED) is 0.861. The topological polar surface area (TPSA) is 55.6 Å². The van der Waals surface area contributed by atoms with Gasteiger partial charge < -0.3 is 5.32 Å². The molecule has 0 radical (unpaired) electrons. The fraction of sp³-hybridized carbons (Fsp3) is 0.500. The summed E-state index contributed by atoms with van der Waals surface area (Å²) in [6.07, 6.45) is 8.21. The monoisotopic (exact) mass is 259 g/mol. The van der Waals surface area contributed by atoms with Crippen LogP contribution in [-0.4, -0.2) is 26.1 Å². The summed E-state index contributed by atoms with van der Waals surface area (Å²) in [4.78, 5) is 13.2. The van der Waals surface area contributed by atoms with Gasteiger partial charge >= 0.3 is 0 Å². The number of hydrogen-bond acceptors (Lipinski definition) is 4. The lowest BCUT2D eigenvalue weighted by Crippen LogP contribution is -2.19. The van der Waals surface area contributed by atoms with E-state index in [1.165, 1.54) is 0 Å². The molecule has 0 aliphatic rings. The number of rotatable bonds is 6. The van der Waals surface area contributed by atoms with Crippen LogP contribution in [0.1, 0.15) is 32.3 Å². The van der Waals surface area contributed by atoms with E-state index in [4.69, 9.17) is 0 Å². The molecule has 0 bridgehead atoms. The minimum Gasteiger partial charge on any atom is -0.311 e. The number of nitrogens with one attached hydrogen (secondary N) is 1. The summed E-state index contributed by atoms with van der Waals surface area (Å²) in [6, 6.07) is 0. The first kappa shape index (κ1) is 13.7. The van der Waals surface area contributed by atoms with Gasteiger partial charge in [-0.25, -0.2) is 9.97 Å². The van der Waals surface area contributed by atoms with E-state index < -0.39 is 0 Å². The molecule has 0 unspecified atom stereocenters. The van der Waals surface area contributed by atoms with Gasteiger partial charge in [0.05, 0.1) is 18.1 Å². The Morgan fingerprint density at radius 3 is 2.68 bits per heavy atom. The minimum absolute atomic E-state index is 0.644. The lowest BCUT2D eigenvalue weighted by Gasteiger charge is -2.08. The number of imidazole rings is 1. The normalized spacial score (nSPS) is 11.2. The molecule has 2 rings (SSSR count). The maximum absolute atomic E-state index is 4.45. The van der Waals surface area contributed by atoms with Crippen molar-refractivity contribution in [2.24, 2.45) is 5.92 Å². The van der Waals surface area contributed by atoms with E-state index in [2.05, 4.69) is 41.0 Å². The zero-order chi connectivity index (χ0) is 13.7.